The normalized spacial score (nSPS) is 28.1. The first-order valence-electron chi connectivity index (χ1n) is 7.63. The maximum atomic E-state index is 11.4. The van der Waals surface area contributed by atoms with Crippen LogP contribution in [0.1, 0.15) is 26.2 Å². The largest absolute Gasteiger partial charge is 0.381 e. The van der Waals surface area contributed by atoms with Crippen LogP contribution in [0.4, 0.5) is 11.4 Å². The Kier molecular flexibility index (Phi) is 3.92. The van der Waals surface area contributed by atoms with E-state index in [1.807, 2.05) is 25.1 Å². The first-order chi connectivity index (χ1) is 9.74. The van der Waals surface area contributed by atoms with Crippen molar-refractivity contribution in [2.45, 2.75) is 32.2 Å². The fraction of sp³-hybridized carbons (Fsp3) is 0.562. The van der Waals surface area contributed by atoms with Crippen LogP contribution in [0.15, 0.2) is 24.3 Å². The molecule has 0 spiro atoms. The van der Waals surface area contributed by atoms with Crippen molar-refractivity contribution < 1.29 is 4.79 Å². The van der Waals surface area contributed by atoms with Gasteiger partial charge >= 0.3 is 0 Å². The second kappa shape index (κ2) is 5.83. The topological polar surface area (TPSA) is 44.4 Å². The average molecular weight is 273 g/mol. The third-order valence-corrected chi connectivity index (χ3v) is 4.48. The summed E-state index contributed by atoms with van der Waals surface area (Å²) in [6.07, 6.45) is 3.13. The number of piperidine rings is 3. The van der Waals surface area contributed by atoms with Crippen LogP contribution < -0.4 is 10.6 Å². The number of hydrogen-bond acceptors (Lipinski definition) is 3. The summed E-state index contributed by atoms with van der Waals surface area (Å²) in [6.45, 7) is 5.53. The molecule has 1 aromatic rings. The van der Waals surface area contributed by atoms with Crippen LogP contribution in [-0.4, -0.2) is 36.5 Å². The Balaban J connectivity index is 1.65. The van der Waals surface area contributed by atoms with Crippen LogP contribution in [0.5, 0.6) is 0 Å². The summed E-state index contributed by atoms with van der Waals surface area (Å²) in [5.41, 5.74) is 1.99. The third kappa shape index (κ3) is 2.96. The summed E-state index contributed by atoms with van der Waals surface area (Å²) in [4.78, 5) is 14.0. The molecule has 4 rings (SSSR count). The summed E-state index contributed by atoms with van der Waals surface area (Å²) in [7, 11) is 0. The molecule has 1 atom stereocenters. The molecule has 1 unspecified atom stereocenters. The minimum absolute atomic E-state index is 0.0602. The highest BCUT2D eigenvalue weighted by Crippen LogP contribution is 2.30. The Labute approximate surface area is 120 Å². The number of carbonyl (C=O) groups is 1. The van der Waals surface area contributed by atoms with Gasteiger partial charge in [0.15, 0.2) is 0 Å². The van der Waals surface area contributed by atoms with Crippen LogP contribution in [0.2, 0.25) is 0 Å². The van der Waals surface area contributed by atoms with E-state index in [9.17, 15) is 4.79 Å². The van der Waals surface area contributed by atoms with Crippen molar-refractivity contribution in [2.75, 3.05) is 30.3 Å². The molecule has 0 saturated carbocycles. The van der Waals surface area contributed by atoms with Crippen molar-refractivity contribution >= 4 is 17.3 Å². The molecule has 0 radical (unpaired) electrons. The van der Waals surface area contributed by atoms with E-state index >= 15 is 0 Å². The predicted molar refractivity (Wildman–Crippen MR) is 81.9 cm³/mol. The van der Waals surface area contributed by atoms with E-state index in [1.54, 1.807) is 0 Å². The molecule has 3 fully saturated rings. The standard InChI is InChI=1S/C16H23N3O/c1-2-16(20)18-14-5-3-4-13(10-14)17-15-11-19-8-6-12(15)7-9-19/h3-5,10,12,15,17H,2,6-9,11H2,1H3,(H,18,20). The van der Waals surface area contributed by atoms with Gasteiger partial charge in [-0.2, -0.15) is 0 Å². The zero-order chi connectivity index (χ0) is 13.9. The lowest BCUT2D eigenvalue weighted by Gasteiger charge is -2.45. The molecule has 3 aliphatic heterocycles. The first-order valence-corrected chi connectivity index (χ1v) is 7.63. The Hall–Kier alpha value is -1.55. The van der Waals surface area contributed by atoms with Gasteiger partial charge in [-0.05, 0) is 50.0 Å². The third-order valence-electron chi connectivity index (χ3n) is 4.48. The van der Waals surface area contributed by atoms with E-state index in [2.05, 4.69) is 21.6 Å². The minimum Gasteiger partial charge on any atom is -0.381 e. The molecule has 2 N–H and O–H groups in total. The summed E-state index contributed by atoms with van der Waals surface area (Å²) < 4.78 is 0. The first kappa shape index (κ1) is 13.4. The molecule has 3 saturated heterocycles. The van der Waals surface area contributed by atoms with Crippen molar-refractivity contribution in [3.05, 3.63) is 24.3 Å². The lowest BCUT2D eigenvalue weighted by Crippen LogP contribution is -2.53. The van der Waals surface area contributed by atoms with Gasteiger partial charge in [-0.25, -0.2) is 0 Å². The zero-order valence-electron chi connectivity index (χ0n) is 12.1. The number of carbonyl (C=O) groups excluding carboxylic acids is 1. The molecule has 108 valence electrons. The van der Waals surface area contributed by atoms with Crippen LogP contribution in [0, 0.1) is 5.92 Å². The van der Waals surface area contributed by atoms with E-state index in [4.69, 9.17) is 0 Å². The molecule has 0 aliphatic carbocycles. The van der Waals surface area contributed by atoms with Crippen LogP contribution in [-0.2, 0) is 4.79 Å². The van der Waals surface area contributed by atoms with Crippen molar-refractivity contribution in [1.29, 1.82) is 0 Å². The number of amides is 1. The Morgan fingerprint density at radius 1 is 1.30 bits per heavy atom. The zero-order valence-corrected chi connectivity index (χ0v) is 12.1. The van der Waals surface area contributed by atoms with Gasteiger partial charge in [0.25, 0.3) is 0 Å². The molecule has 20 heavy (non-hydrogen) atoms. The number of benzene rings is 1. The van der Waals surface area contributed by atoms with E-state index in [0.29, 0.717) is 12.5 Å². The van der Waals surface area contributed by atoms with Crippen molar-refractivity contribution in [1.82, 2.24) is 4.90 Å². The SMILES string of the molecule is CCC(=O)Nc1cccc(NC2CN3CCC2CC3)c1. The molecule has 4 nitrogen and oxygen atoms in total. The second-order valence-corrected chi connectivity index (χ2v) is 5.87. The highest BCUT2D eigenvalue weighted by molar-refractivity contribution is 5.90. The quantitative estimate of drug-likeness (QED) is 0.886. The fourth-order valence-electron chi connectivity index (χ4n) is 3.28. The van der Waals surface area contributed by atoms with E-state index in [1.165, 1.54) is 25.9 Å². The maximum Gasteiger partial charge on any atom is 0.224 e. The average Bonchev–Trinajstić information content (AvgIpc) is 2.49. The lowest BCUT2D eigenvalue weighted by atomic mass is 9.84. The summed E-state index contributed by atoms with van der Waals surface area (Å²) in [5, 5.41) is 6.56. The van der Waals surface area contributed by atoms with Gasteiger partial charge in [0.05, 0.1) is 0 Å². The molecule has 3 heterocycles. The molecule has 2 bridgehead atoms. The van der Waals surface area contributed by atoms with E-state index in [0.717, 1.165) is 23.8 Å². The molecular formula is C16H23N3O. The number of anilines is 2. The number of hydrogen-bond donors (Lipinski definition) is 2. The number of nitrogens with one attached hydrogen (secondary N) is 2. The van der Waals surface area contributed by atoms with Crippen molar-refractivity contribution in [3.63, 3.8) is 0 Å². The summed E-state index contributed by atoms with van der Waals surface area (Å²) in [5.74, 6) is 0.860. The minimum atomic E-state index is 0.0602. The molecular weight excluding hydrogens is 250 g/mol. The molecule has 0 aromatic heterocycles. The van der Waals surface area contributed by atoms with Crippen LogP contribution >= 0.6 is 0 Å². The lowest BCUT2D eigenvalue weighted by molar-refractivity contribution is -0.115. The Bertz CT molecular complexity index is 480. The number of fused-ring (bicyclic) bond motifs is 3. The second-order valence-electron chi connectivity index (χ2n) is 5.87. The van der Waals surface area contributed by atoms with Gasteiger partial charge in [-0.1, -0.05) is 13.0 Å². The van der Waals surface area contributed by atoms with Gasteiger partial charge in [-0.15, -0.1) is 0 Å². The fourth-order valence-corrected chi connectivity index (χ4v) is 3.28. The van der Waals surface area contributed by atoms with Gasteiger partial charge in [0.1, 0.15) is 0 Å². The summed E-state index contributed by atoms with van der Waals surface area (Å²) >= 11 is 0. The Morgan fingerprint density at radius 3 is 2.70 bits per heavy atom. The Morgan fingerprint density at radius 2 is 2.05 bits per heavy atom. The number of rotatable bonds is 4. The highest BCUT2D eigenvalue weighted by atomic mass is 16.1. The monoisotopic (exact) mass is 273 g/mol. The maximum absolute atomic E-state index is 11.4. The summed E-state index contributed by atoms with van der Waals surface area (Å²) in [6, 6.07) is 8.60. The van der Waals surface area contributed by atoms with E-state index in [-0.39, 0.29) is 5.91 Å². The smallest absolute Gasteiger partial charge is 0.224 e. The molecule has 1 aromatic carbocycles. The van der Waals surface area contributed by atoms with Gasteiger partial charge < -0.3 is 15.5 Å². The molecule has 3 aliphatic rings. The van der Waals surface area contributed by atoms with Gasteiger partial charge in [0.2, 0.25) is 5.91 Å². The highest BCUT2D eigenvalue weighted by Gasteiger charge is 2.33. The van der Waals surface area contributed by atoms with Crippen molar-refractivity contribution in [2.24, 2.45) is 5.92 Å². The van der Waals surface area contributed by atoms with Gasteiger partial charge in [0, 0.05) is 30.4 Å². The van der Waals surface area contributed by atoms with E-state index < -0.39 is 0 Å². The van der Waals surface area contributed by atoms with Crippen LogP contribution in [0.3, 0.4) is 0 Å². The predicted octanol–water partition coefficient (Wildman–Crippen LogP) is 2.54. The number of nitrogens with zero attached hydrogens (tertiary/aromatic N) is 1. The molecule has 4 heteroatoms. The van der Waals surface area contributed by atoms with Crippen molar-refractivity contribution in [3.8, 4) is 0 Å². The molecule has 1 amide bonds. The van der Waals surface area contributed by atoms with Gasteiger partial charge in [-0.3, -0.25) is 4.79 Å². The van der Waals surface area contributed by atoms with Crippen LogP contribution in [0.25, 0.3) is 0 Å².